The molecule has 0 aliphatic carbocycles. The van der Waals surface area contributed by atoms with Gasteiger partial charge in [-0.25, -0.2) is 0 Å². The molecule has 1 N–H and O–H groups in total. The number of hydrogen-bond acceptors (Lipinski definition) is 4. The van der Waals surface area contributed by atoms with E-state index in [1.165, 1.54) is 0 Å². The first-order valence-corrected chi connectivity index (χ1v) is 6.21. The molecule has 0 amide bonds. The molecule has 0 aromatic rings. The lowest BCUT2D eigenvalue weighted by Gasteiger charge is -2.29. The molecular weight excluding hydrogens is 216 g/mol. The molecule has 3 nitrogen and oxygen atoms in total. The molecule has 5 heteroatoms. The van der Waals surface area contributed by atoms with Gasteiger partial charge in [-0.1, -0.05) is 24.0 Å². The minimum absolute atomic E-state index is 0.237. The van der Waals surface area contributed by atoms with E-state index in [4.69, 9.17) is 12.2 Å². The molecule has 0 atom stereocenters. The van der Waals surface area contributed by atoms with Crippen molar-refractivity contribution in [1.29, 1.82) is 0 Å². The molecule has 0 spiro atoms. The minimum Gasteiger partial charge on any atom is -0.355 e. The Kier molecular flexibility index (Phi) is 5.44. The van der Waals surface area contributed by atoms with Gasteiger partial charge >= 0.3 is 0 Å². The summed E-state index contributed by atoms with van der Waals surface area (Å²) < 4.78 is 0.938. The van der Waals surface area contributed by atoms with Crippen LogP contribution in [-0.2, 0) is 4.79 Å². The average Bonchev–Trinajstić information content (AvgIpc) is 2.18. The molecule has 1 rings (SSSR count). The van der Waals surface area contributed by atoms with Gasteiger partial charge in [0.2, 0.25) is 0 Å². The number of carbonyl (C=O) groups is 1. The van der Waals surface area contributed by atoms with Crippen molar-refractivity contribution in [1.82, 2.24) is 10.2 Å². The fourth-order valence-electron chi connectivity index (χ4n) is 1.22. The Morgan fingerprint density at radius 1 is 1.50 bits per heavy atom. The molecule has 0 radical (unpaired) electrons. The second-order valence-corrected chi connectivity index (χ2v) is 5.03. The summed E-state index contributed by atoms with van der Waals surface area (Å²) >= 11 is 6.90. The lowest BCUT2D eigenvalue weighted by Crippen LogP contribution is -2.45. The van der Waals surface area contributed by atoms with E-state index < -0.39 is 0 Å². The van der Waals surface area contributed by atoms with Gasteiger partial charge in [-0.15, -0.1) is 0 Å². The Morgan fingerprint density at radius 3 is 2.71 bits per heavy atom. The zero-order valence-electron chi connectivity index (χ0n) is 8.41. The molecule has 0 aromatic heterocycles. The molecule has 0 bridgehead atoms. The normalized spacial score (nSPS) is 16.8. The van der Waals surface area contributed by atoms with Crippen LogP contribution in [0.5, 0.6) is 0 Å². The summed E-state index contributed by atoms with van der Waals surface area (Å²) in [5.41, 5.74) is 0. The average molecular weight is 232 g/mol. The molecule has 1 aliphatic heterocycles. The number of nitrogens with one attached hydrogen (secondary N) is 1. The molecule has 1 fully saturated rings. The van der Waals surface area contributed by atoms with Crippen LogP contribution in [0.25, 0.3) is 0 Å². The minimum atomic E-state index is 0.237. The van der Waals surface area contributed by atoms with Gasteiger partial charge in [0.25, 0.3) is 0 Å². The van der Waals surface area contributed by atoms with Crippen molar-refractivity contribution in [2.45, 2.75) is 13.3 Å². The maximum Gasteiger partial charge on any atom is 0.136 e. The highest BCUT2D eigenvalue weighted by Gasteiger charge is 2.12. The van der Waals surface area contributed by atoms with Crippen molar-refractivity contribution < 1.29 is 4.79 Å². The zero-order chi connectivity index (χ0) is 10.4. The summed E-state index contributed by atoms with van der Waals surface area (Å²) in [7, 11) is 0. The first kappa shape index (κ1) is 11.9. The van der Waals surface area contributed by atoms with Crippen LogP contribution in [0, 0.1) is 0 Å². The summed E-state index contributed by atoms with van der Waals surface area (Å²) in [5.74, 6) is 1.05. The largest absolute Gasteiger partial charge is 0.355 e. The molecule has 0 unspecified atom stereocenters. The molecule has 1 aliphatic rings. The third-order valence-electron chi connectivity index (χ3n) is 2.05. The van der Waals surface area contributed by atoms with E-state index in [2.05, 4.69) is 10.2 Å². The molecular formula is C9H16N2OS2. The second-order valence-electron chi connectivity index (χ2n) is 3.30. The van der Waals surface area contributed by atoms with Crippen molar-refractivity contribution in [2.24, 2.45) is 0 Å². The zero-order valence-corrected chi connectivity index (χ0v) is 10.0. The summed E-state index contributed by atoms with van der Waals surface area (Å²) in [6.07, 6.45) is 0.622. The molecule has 0 saturated carbocycles. The van der Waals surface area contributed by atoms with E-state index in [9.17, 15) is 4.79 Å². The van der Waals surface area contributed by atoms with Gasteiger partial charge in [0.1, 0.15) is 10.1 Å². The number of carbonyl (C=O) groups excluding carboxylic acids is 1. The summed E-state index contributed by atoms with van der Waals surface area (Å²) in [6.45, 7) is 5.62. The highest BCUT2D eigenvalue weighted by molar-refractivity contribution is 8.22. The summed E-state index contributed by atoms with van der Waals surface area (Å²) in [6, 6.07) is 0. The monoisotopic (exact) mass is 232 g/mol. The van der Waals surface area contributed by atoms with Crippen molar-refractivity contribution in [2.75, 3.05) is 31.9 Å². The van der Waals surface area contributed by atoms with Crippen LogP contribution in [0.1, 0.15) is 13.3 Å². The molecule has 0 aromatic carbocycles. The van der Waals surface area contributed by atoms with Gasteiger partial charge < -0.3 is 10.2 Å². The standard InChI is InChI=1S/C9H16N2OS2/c1-8(12)2-7-14-9(13)11-5-3-10-4-6-11/h10H,2-7H2,1H3. The van der Waals surface area contributed by atoms with Gasteiger partial charge in [-0.3, -0.25) is 4.79 Å². The van der Waals surface area contributed by atoms with Crippen LogP contribution in [0.2, 0.25) is 0 Å². The van der Waals surface area contributed by atoms with E-state index in [0.29, 0.717) is 6.42 Å². The lowest BCUT2D eigenvalue weighted by molar-refractivity contribution is -0.116. The molecule has 14 heavy (non-hydrogen) atoms. The van der Waals surface area contributed by atoms with Crippen LogP contribution < -0.4 is 5.32 Å². The van der Waals surface area contributed by atoms with Crippen molar-refractivity contribution in [3.05, 3.63) is 0 Å². The number of rotatable bonds is 3. The number of hydrogen-bond donors (Lipinski definition) is 1. The van der Waals surface area contributed by atoms with Gasteiger partial charge in [0.05, 0.1) is 0 Å². The Morgan fingerprint density at radius 2 is 2.14 bits per heavy atom. The van der Waals surface area contributed by atoms with Gasteiger partial charge in [0, 0.05) is 38.4 Å². The van der Waals surface area contributed by atoms with E-state index in [0.717, 1.165) is 36.3 Å². The Bertz CT molecular complexity index is 215. The third-order valence-corrected chi connectivity index (χ3v) is 3.58. The van der Waals surface area contributed by atoms with E-state index in [1.54, 1.807) is 18.7 Å². The van der Waals surface area contributed by atoms with Gasteiger partial charge in [0.15, 0.2) is 0 Å². The van der Waals surface area contributed by atoms with Crippen molar-refractivity contribution in [3.63, 3.8) is 0 Å². The van der Waals surface area contributed by atoms with E-state index in [1.807, 2.05) is 0 Å². The summed E-state index contributed by atoms with van der Waals surface area (Å²) in [5, 5.41) is 3.28. The maximum atomic E-state index is 10.7. The number of thioether (sulfide) groups is 1. The van der Waals surface area contributed by atoms with Crippen molar-refractivity contribution in [3.8, 4) is 0 Å². The van der Waals surface area contributed by atoms with E-state index in [-0.39, 0.29) is 5.78 Å². The first-order valence-electron chi connectivity index (χ1n) is 4.82. The van der Waals surface area contributed by atoms with Crippen LogP contribution in [0.15, 0.2) is 0 Å². The van der Waals surface area contributed by atoms with Crippen LogP contribution >= 0.6 is 24.0 Å². The highest BCUT2D eigenvalue weighted by atomic mass is 32.2. The van der Waals surface area contributed by atoms with E-state index >= 15 is 0 Å². The fraction of sp³-hybridized carbons (Fsp3) is 0.778. The number of Topliss-reactive ketones (excluding diaryl/α,β-unsaturated/α-hetero) is 1. The molecule has 1 saturated heterocycles. The SMILES string of the molecule is CC(=O)CCSC(=S)N1CCNCC1. The Hall–Kier alpha value is -0.130. The predicted molar refractivity (Wildman–Crippen MR) is 64.8 cm³/mol. The molecule has 1 heterocycles. The number of ketones is 1. The fourth-order valence-corrected chi connectivity index (χ4v) is 2.58. The lowest BCUT2D eigenvalue weighted by atomic mass is 10.4. The second kappa shape index (κ2) is 6.37. The Labute approximate surface area is 94.6 Å². The predicted octanol–water partition coefficient (Wildman–Crippen LogP) is 0.889. The van der Waals surface area contributed by atoms with Crippen LogP contribution in [0.3, 0.4) is 0 Å². The molecule has 80 valence electrons. The van der Waals surface area contributed by atoms with Gasteiger partial charge in [-0.2, -0.15) is 0 Å². The smallest absolute Gasteiger partial charge is 0.136 e. The highest BCUT2D eigenvalue weighted by Crippen LogP contribution is 2.11. The Balaban J connectivity index is 2.16. The summed E-state index contributed by atoms with van der Waals surface area (Å²) in [4.78, 5) is 12.9. The number of piperazine rings is 1. The van der Waals surface area contributed by atoms with Gasteiger partial charge in [-0.05, 0) is 6.92 Å². The quantitative estimate of drug-likeness (QED) is 0.731. The van der Waals surface area contributed by atoms with Crippen molar-refractivity contribution >= 4 is 34.1 Å². The van der Waals surface area contributed by atoms with Crippen LogP contribution in [-0.4, -0.2) is 46.9 Å². The number of nitrogens with zero attached hydrogens (tertiary/aromatic N) is 1. The van der Waals surface area contributed by atoms with Crippen LogP contribution in [0.4, 0.5) is 0 Å². The number of thiocarbonyl (C=S) groups is 1. The third kappa shape index (κ3) is 4.39. The maximum absolute atomic E-state index is 10.7. The topological polar surface area (TPSA) is 32.3 Å². The first-order chi connectivity index (χ1) is 6.70.